The average molecular weight is 215 g/mol. The monoisotopic (exact) mass is 215 g/mol. The fourth-order valence-electron chi connectivity index (χ4n) is 1.46. The smallest absolute Gasteiger partial charge is 0.246 e. The van der Waals surface area contributed by atoms with Gasteiger partial charge in [-0.1, -0.05) is 0 Å². The minimum Gasteiger partial charge on any atom is -0.393 e. The third kappa shape index (κ3) is 5.14. The van der Waals surface area contributed by atoms with Gasteiger partial charge in [-0.3, -0.25) is 4.79 Å². The van der Waals surface area contributed by atoms with Crippen LogP contribution in [0.3, 0.4) is 0 Å². The molecule has 15 heavy (non-hydrogen) atoms. The molecule has 0 spiro atoms. The third-order valence-electron chi connectivity index (χ3n) is 2.44. The van der Waals surface area contributed by atoms with Gasteiger partial charge in [-0.15, -0.1) is 0 Å². The normalized spacial score (nSPS) is 25.9. The molecule has 1 rings (SSSR count). The summed E-state index contributed by atoms with van der Waals surface area (Å²) >= 11 is 0. The van der Waals surface area contributed by atoms with Crippen LogP contribution in [0.5, 0.6) is 0 Å². The second kappa shape index (κ2) is 4.94. The van der Waals surface area contributed by atoms with E-state index in [1.54, 1.807) is 0 Å². The summed E-state index contributed by atoms with van der Waals surface area (Å²) in [5.41, 5.74) is -0.274. The van der Waals surface area contributed by atoms with Crippen molar-refractivity contribution in [2.75, 3.05) is 13.2 Å². The van der Waals surface area contributed by atoms with E-state index in [9.17, 15) is 4.79 Å². The zero-order chi connectivity index (χ0) is 11.5. The van der Waals surface area contributed by atoms with Crippen molar-refractivity contribution in [2.24, 2.45) is 5.92 Å². The number of nitrogens with one attached hydrogen (secondary N) is 1. The van der Waals surface area contributed by atoms with Crippen LogP contribution in [0.15, 0.2) is 0 Å². The molecule has 0 unspecified atom stereocenters. The Kier molecular flexibility index (Phi) is 4.11. The minimum atomic E-state index is -0.274. The Labute approximate surface area is 91.0 Å². The summed E-state index contributed by atoms with van der Waals surface area (Å²) in [5.74, 6) is 0.366. The van der Waals surface area contributed by atoms with E-state index in [0.717, 1.165) is 12.8 Å². The zero-order valence-corrected chi connectivity index (χ0v) is 9.75. The van der Waals surface area contributed by atoms with E-state index in [-0.39, 0.29) is 24.2 Å². The van der Waals surface area contributed by atoms with E-state index in [2.05, 4.69) is 5.32 Å². The molecule has 0 aliphatic heterocycles. The molecule has 1 fully saturated rings. The van der Waals surface area contributed by atoms with Crippen LogP contribution in [0.25, 0.3) is 0 Å². The van der Waals surface area contributed by atoms with Crippen molar-refractivity contribution in [2.45, 2.75) is 45.3 Å². The maximum Gasteiger partial charge on any atom is 0.246 e. The number of aliphatic hydroxyl groups excluding tert-OH is 1. The summed E-state index contributed by atoms with van der Waals surface area (Å²) in [6.45, 7) is 6.52. The number of ether oxygens (including phenoxy) is 1. The van der Waals surface area contributed by atoms with Crippen molar-refractivity contribution < 1.29 is 14.6 Å². The molecule has 4 nitrogen and oxygen atoms in total. The molecule has 1 aliphatic carbocycles. The maximum absolute atomic E-state index is 11.3. The van der Waals surface area contributed by atoms with Crippen LogP contribution in [0, 0.1) is 5.92 Å². The van der Waals surface area contributed by atoms with Gasteiger partial charge in [0.2, 0.25) is 5.91 Å². The standard InChI is InChI=1S/C11H21NO3/c1-11(2,3)15-7-10(14)12-6-8-4-9(13)5-8/h8-9,13H,4-7H2,1-3H3,(H,12,14). The second-order valence-electron chi connectivity index (χ2n) is 5.20. The third-order valence-corrected chi connectivity index (χ3v) is 2.44. The molecule has 0 aromatic heterocycles. The lowest BCUT2D eigenvalue weighted by Gasteiger charge is -2.31. The van der Waals surface area contributed by atoms with Gasteiger partial charge in [-0.2, -0.15) is 0 Å². The van der Waals surface area contributed by atoms with Gasteiger partial charge < -0.3 is 15.2 Å². The molecule has 0 aromatic carbocycles. The first kappa shape index (κ1) is 12.5. The zero-order valence-electron chi connectivity index (χ0n) is 9.75. The Hall–Kier alpha value is -0.610. The summed E-state index contributed by atoms with van der Waals surface area (Å²) < 4.78 is 5.33. The van der Waals surface area contributed by atoms with Crippen LogP contribution in [0.4, 0.5) is 0 Å². The molecular formula is C11H21NO3. The second-order valence-corrected chi connectivity index (χ2v) is 5.20. The molecule has 0 saturated heterocycles. The van der Waals surface area contributed by atoms with Crippen LogP contribution in [-0.4, -0.2) is 35.9 Å². The molecule has 1 aliphatic rings. The molecule has 0 radical (unpaired) electrons. The summed E-state index contributed by atoms with van der Waals surface area (Å²) in [6, 6.07) is 0. The Morgan fingerprint density at radius 2 is 2.07 bits per heavy atom. The van der Waals surface area contributed by atoms with E-state index in [1.807, 2.05) is 20.8 Å². The number of carbonyl (C=O) groups is 1. The van der Waals surface area contributed by atoms with Crippen molar-refractivity contribution in [3.63, 3.8) is 0 Å². The average Bonchev–Trinajstić information content (AvgIpc) is 2.06. The lowest BCUT2D eigenvalue weighted by molar-refractivity contribution is -0.131. The molecule has 0 atom stereocenters. The predicted octanol–water partition coefficient (Wildman–Crippen LogP) is 0.689. The van der Waals surface area contributed by atoms with E-state index >= 15 is 0 Å². The van der Waals surface area contributed by atoms with Crippen molar-refractivity contribution >= 4 is 5.91 Å². The fraction of sp³-hybridized carbons (Fsp3) is 0.909. The molecule has 1 saturated carbocycles. The number of amides is 1. The first-order valence-electron chi connectivity index (χ1n) is 5.45. The highest BCUT2D eigenvalue weighted by Crippen LogP contribution is 2.25. The van der Waals surface area contributed by atoms with E-state index in [4.69, 9.17) is 9.84 Å². The van der Waals surface area contributed by atoms with Crippen molar-refractivity contribution in [3.05, 3.63) is 0 Å². The predicted molar refractivity (Wildman–Crippen MR) is 57.4 cm³/mol. The Balaban J connectivity index is 2.04. The molecule has 88 valence electrons. The summed E-state index contributed by atoms with van der Waals surface area (Å²) in [4.78, 5) is 11.3. The van der Waals surface area contributed by atoms with Gasteiger partial charge in [0, 0.05) is 6.54 Å². The first-order chi connectivity index (χ1) is 6.87. The molecule has 2 N–H and O–H groups in total. The highest BCUT2D eigenvalue weighted by Gasteiger charge is 2.27. The molecule has 4 heteroatoms. The molecular weight excluding hydrogens is 194 g/mol. The molecule has 0 aromatic rings. The summed E-state index contributed by atoms with van der Waals surface area (Å²) in [5, 5.41) is 11.9. The SMILES string of the molecule is CC(C)(C)OCC(=O)NCC1CC(O)C1. The molecule has 0 heterocycles. The van der Waals surface area contributed by atoms with Gasteiger partial charge in [-0.05, 0) is 39.5 Å². The summed E-state index contributed by atoms with van der Waals surface area (Å²) in [6.07, 6.45) is 1.46. The van der Waals surface area contributed by atoms with Crippen LogP contribution < -0.4 is 5.32 Å². The van der Waals surface area contributed by atoms with Gasteiger partial charge in [0.15, 0.2) is 0 Å². The lowest BCUT2D eigenvalue weighted by Crippen LogP contribution is -2.40. The Morgan fingerprint density at radius 1 is 1.47 bits per heavy atom. The van der Waals surface area contributed by atoms with Crippen molar-refractivity contribution in [1.82, 2.24) is 5.32 Å². The molecule has 1 amide bonds. The van der Waals surface area contributed by atoms with Crippen LogP contribution in [0.1, 0.15) is 33.6 Å². The topological polar surface area (TPSA) is 58.6 Å². The Bertz CT molecular complexity index is 216. The molecule has 0 bridgehead atoms. The number of hydrogen-bond donors (Lipinski definition) is 2. The number of aliphatic hydroxyl groups is 1. The van der Waals surface area contributed by atoms with E-state index < -0.39 is 0 Å². The van der Waals surface area contributed by atoms with Crippen LogP contribution in [-0.2, 0) is 9.53 Å². The van der Waals surface area contributed by atoms with Crippen LogP contribution in [0.2, 0.25) is 0 Å². The number of rotatable bonds is 4. The summed E-state index contributed by atoms with van der Waals surface area (Å²) in [7, 11) is 0. The quantitative estimate of drug-likeness (QED) is 0.725. The van der Waals surface area contributed by atoms with E-state index in [1.165, 1.54) is 0 Å². The fourth-order valence-corrected chi connectivity index (χ4v) is 1.46. The van der Waals surface area contributed by atoms with Gasteiger partial charge in [0.05, 0.1) is 11.7 Å². The van der Waals surface area contributed by atoms with Crippen molar-refractivity contribution in [3.8, 4) is 0 Å². The maximum atomic E-state index is 11.3. The first-order valence-corrected chi connectivity index (χ1v) is 5.45. The van der Waals surface area contributed by atoms with Gasteiger partial charge in [-0.25, -0.2) is 0 Å². The Morgan fingerprint density at radius 3 is 2.53 bits per heavy atom. The van der Waals surface area contributed by atoms with E-state index in [0.29, 0.717) is 12.5 Å². The van der Waals surface area contributed by atoms with Gasteiger partial charge >= 0.3 is 0 Å². The number of hydrogen-bond acceptors (Lipinski definition) is 3. The van der Waals surface area contributed by atoms with Gasteiger partial charge in [0.25, 0.3) is 0 Å². The largest absolute Gasteiger partial charge is 0.393 e. The van der Waals surface area contributed by atoms with Crippen LogP contribution >= 0.6 is 0 Å². The highest BCUT2D eigenvalue weighted by molar-refractivity contribution is 5.77. The van der Waals surface area contributed by atoms with Gasteiger partial charge in [0.1, 0.15) is 6.61 Å². The minimum absolute atomic E-state index is 0.0775. The van der Waals surface area contributed by atoms with Crippen molar-refractivity contribution in [1.29, 1.82) is 0 Å². The number of carbonyl (C=O) groups excluding carboxylic acids is 1. The lowest BCUT2D eigenvalue weighted by atomic mass is 9.82. The highest BCUT2D eigenvalue weighted by atomic mass is 16.5.